The molecule has 0 saturated carbocycles. The number of hydrogen-bond donors (Lipinski definition) is 1. The molecule has 1 aromatic carbocycles. The first kappa shape index (κ1) is 13.5. The van der Waals surface area contributed by atoms with Crippen molar-refractivity contribution in [1.29, 1.82) is 0 Å². The molecule has 5 heteroatoms. The third-order valence-electron chi connectivity index (χ3n) is 2.51. The second kappa shape index (κ2) is 5.84. The highest BCUT2D eigenvalue weighted by Crippen LogP contribution is 2.11. The van der Waals surface area contributed by atoms with Crippen LogP contribution >= 0.6 is 15.9 Å². The highest BCUT2D eigenvalue weighted by molar-refractivity contribution is 9.10. The summed E-state index contributed by atoms with van der Waals surface area (Å²) in [4.78, 5) is 11.9. The Morgan fingerprint density at radius 2 is 2.11 bits per heavy atom. The highest BCUT2D eigenvalue weighted by atomic mass is 79.9. The van der Waals surface area contributed by atoms with Gasteiger partial charge in [-0.15, -0.1) is 0 Å². The molecular weight excluding hydrogens is 308 g/mol. The van der Waals surface area contributed by atoms with Crippen molar-refractivity contribution in [3.8, 4) is 0 Å². The van der Waals surface area contributed by atoms with Gasteiger partial charge >= 0.3 is 0 Å². The number of nitrogens with zero attached hydrogens (tertiary/aromatic N) is 1. The van der Waals surface area contributed by atoms with E-state index in [-0.39, 0.29) is 5.91 Å². The van der Waals surface area contributed by atoms with E-state index in [0.717, 1.165) is 10.2 Å². The number of aryl methyl sites for hydroxylation is 1. The normalized spacial score (nSPS) is 11.4. The van der Waals surface area contributed by atoms with Crippen molar-refractivity contribution < 1.29 is 9.21 Å². The minimum atomic E-state index is -0.260. The van der Waals surface area contributed by atoms with E-state index in [2.05, 4.69) is 26.5 Å². The van der Waals surface area contributed by atoms with Crippen LogP contribution in [0.1, 0.15) is 28.8 Å². The van der Waals surface area contributed by atoms with Crippen molar-refractivity contribution in [2.45, 2.75) is 13.8 Å². The largest absolute Gasteiger partial charge is 0.460 e. The molecule has 0 aliphatic heterocycles. The number of furan rings is 1. The van der Waals surface area contributed by atoms with Gasteiger partial charge in [0.05, 0.1) is 0 Å². The Labute approximate surface area is 119 Å². The predicted octanol–water partition coefficient (Wildman–Crippen LogP) is 3.50. The molecule has 1 heterocycles. The fourth-order valence-corrected chi connectivity index (χ4v) is 1.91. The third-order valence-corrected chi connectivity index (χ3v) is 3.00. The van der Waals surface area contributed by atoms with E-state index >= 15 is 0 Å². The second-order valence-corrected chi connectivity index (χ2v) is 4.97. The van der Waals surface area contributed by atoms with Crippen LogP contribution in [0, 0.1) is 6.92 Å². The zero-order chi connectivity index (χ0) is 13.8. The molecule has 2 rings (SSSR count). The first-order valence-corrected chi connectivity index (χ1v) is 6.52. The van der Waals surface area contributed by atoms with E-state index in [9.17, 15) is 4.79 Å². The first-order chi connectivity index (χ1) is 9.06. The fourth-order valence-electron chi connectivity index (χ4n) is 1.51. The Balaban J connectivity index is 2.07. The molecule has 1 aromatic heterocycles. The lowest BCUT2D eigenvalue weighted by Gasteiger charge is -2.01. The van der Waals surface area contributed by atoms with Gasteiger partial charge in [0.2, 0.25) is 0 Å². The molecule has 0 aliphatic carbocycles. The maximum Gasteiger partial charge on any atom is 0.271 e. The summed E-state index contributed by atoms with van der Waals surface area (Å²) in [5, 5.41) is 4.02. The molecule has 2 aromatic rings. The van der Waals surface area contributed by atoms with Crippen LogP contribution < -0.4 is 5.43 Å². The fraction of sp³-hybridized carbons (Fsp3) is 0.143. The lowest BCUT2D eigenvalue weighted by molar-refractivity contribution is 0.0954. The van der Waals surface area contributed by atoms with Crippen LogP contribution in [0.25, 0.3) is 0 Å². The molecule has 19 heavy (non-hydrogen) atoms. The number of carbonyl (C=O) groups excluding carboxylic acids is 1. The third kappa shape index (κ3) is 3.54. The number of benzene rings is 1. The highest BCUT2D eigenvalue weighted by Gasteiger charge is 2.06. The van der Waals surface area contributed by atoms with Gasteiger partial charge in [0.15, 0.2) is 0 Å². The topological polar surface area (TPSA) is 54.6 Å². The molecule has 0 saturated heterocycles. The number of hydrazone groups is 1. The molecule has 1 N–H and O–H groups in total. The minimum Gasteiger partial charge on any atom is -0.460 e. The molecular formula is C14H13BrN2O2. The van der Waals surface area contributed by atoms with E-state index in [0.29, 0.717) is 17.0 Å². The Hall–Kier alpha value is -1.88. The first-order valence-electron chi connectivity index (χ1n) is 5.73. The van der Waals surface area contributed by atoms with E-state index in [1.807, 2.05) is 25.1 Å². The number of rotatable bonds is 3. The van der Waals surface area contributed by atoms with E-state index in [1.165, 1.54) is 0 Å². The zero-order valence-electron chi connectivity index (χ0n) is 10.6. The Bertz CT molecular complexity index is 632. The lowest BCUT2D eigenvalue weighted by atomic mass is 10.2. The maximum absolute atomic E-state index is 11.9. The second-order valence-electron chi connectivity index (χ2n) is 4.06. The van der Waals surface area contributed by atoms with Crippen LogP contribution in [0.4, 0.5) is 0 Å². The number of halogens is 1. The van der Waals surface area contributed by atoms with Crippen molar-refractivity contribution in [3.63, 3.8) is 0 Å². The van der Waals surface area contributed by atoms with E-state index in [1.54, 1.807) is 25.1 Å². The lowest BCUT2D eigenvalue weighted by Crippen LogP contribution is -2.19. The van der Waals surface area contributed by atoms with Crippen LogP contribution in [0.3, 0.4) is 0 Å². The summed E-state index contributed by atoms with van der Waals surface area (Å²) in [7, 11) is 0. The Kier molecular flexibility index (Phi) is 4.16. The van der Waals surface area contributed by atoms with Crippen molar-refractivity contribution in [2.75, 3.05) is 0 Å². The minimum absolute atomic E-state index is 0.260. The molecule has 0 atom stereocenters. The number of carbonyl (C=O) groups is 1. The summed E-state index contributed by atoms with van der Waals surface area (Å²) in [6, 6.07) is 10.8. The Morgan fingerprint density at radius 3 is 2.74 bits per heavy atom. The molecule has 0 unspecified atom stereocenters. The standard InChI is InChI=1S/C14H13BrN2O2/c1-9-6-7-13(19-9)10(2)16-17-14(18)11-4-3-5-12(15)8-11/h3-8H,1-2H3,(H,17,18)/b16-10+. The van der Waals surface area contributed by atoms with Crippen LogP contribution in [-0.2, 0) is 0 Å². The molecule has 4 nitrogen and oxygen atoms in total. The van der Waals surface area contributed by atoms with E-state index in [4.69, 9.17) is 4.42 Å². The number of hydrogen-bond acceptors (Lipinski definition) is 3. The van der Waals surface area contributed by atoms with Crippen LogP contribution in [0.2, 0.25) is 0 Å². The van der Waals surface area contributed by atoms with Gasteiger partial charge in [-0.05, 0) is 44.2 Å². The van der Waals surface area contributed by atoms with Gasteiger partial charge in [-0.25, -0.2) is 5.43 Å². The van der Waals surface area contributed by atoms with Gasteiger partial charge in [0, 0.05) is 10.0 Å². The van der Waals surface area contributed by atoms with Crippen LogP contribution in [0.5, 0.6) is 0 Å². The van der Waals surface area contributed by atoms with Crippen molar-refractivity contribution in [3.05, 3.63) is 58.0 Å². The van der Waals surface area contributed by atoms with Crippen LogP contribution in [0.15, 0.2) is 50.4 Å². The van der Waals surface area contributed by atoms with Gasteiger partial charge < -0.3 is 4.42 Å². The summed E-state index contributed by atoms with van der Waals surface area (Å²) in [5.41, 5.74) is 3.67. The Morgan fingerprint density at radius 1 is 1.32 bits per heavy atom. The van der Waals surface area contributed by atoms with Gasteiger partial charge in [0.25, 0.3) is 5.91 Å². The quantitative estimate of drug-likeness (QED) is 0.695. The number of amides is 1. The van der Waals surface area contributed by atoms with Crippen LogP contribution in [-0.4, -0.2) is 11.6 Å². The van der Waals surface area contributed by atoms with Crippen molar-refractivity contribution >= 4 is 27.5 Å². The van der Waals surface area contributed by atoms with E-state index < -0.39 is 0 Å². The molecule has 1 amide bonds. The smallest absolute Gasteiger partial charge is 0.271 e. The molecule has 0 aliphatic rings. The average molecular weight is 321 g/mol. The number of nitrogens with one attached hydrogen (secondary N) is 1. The summed E-state index contributed by atoms with van der Waals surface area (Å²) < 4.78 is 6.26. The molecule has 0 radical (unpaired) electrons. The van der Waals surface area contributed by atoms with Crippen molar-refractivity contribution in [1.82, 2.24) is 5.43 Å². The average Bonchev–Trinajstić information content (AvgIpc) is 2.82. The monoisotopic (exact) mass is 320 g/mol. The molecule has 0 spiro atoms. The SMILES string of the molecule is C/C(=N\NC(=O)c1cccc(Br)c1)c1ccc(C)o1. The van der Waals surface area contributed by atoms with Gasteiger partial charge in [-0.2, -0.15) is 5.10 Å². The summed E-state index contributed by atoms with van der Waals surface area (Å²) in [5.74, 6) is 1.19. The summed E-state index contributed by atoms with van der Waals surface area (Å²) in [6.07, 6.45) is 0. The maximum atomic E-state index is 11.9. The van der Waals surface area contributed by atoms with Crippen molar-refractivity contribution in [2.24, 2.45) is 5.10 Å². The summed E-state index contributed by atoms with van der Waals surface area (Å²) in [6.45, 7) is 3.64. The predicted molar refractivity (Wildman–Crippen MR) is 77.3 cm³/mol. The van der Waals surface area contributed by atoms with Gasteiger partial charge in [-0.3, -0.25) is 4.79 Å². The zero-order valence-corrected chi connectivity index (χ0v) is 12.2. The van der Waals surface area contributed by atoms with Gasteiger partial charge in [0.1, 0.15) is 17.2 Å². The molecule has 0 fully saturated rings. The van der Waals surface area contributed by atoms with Gasteiger partial charge in [-0.1, -0.05) is 22.0 Å². The summed E-state index contributed by atoms with van der Waals surface area (Å²) >= 11 is 3.32. The molecule has 0 bridgehead atoms. The molecule has 98 valence electrons.